The molecule has 0 aliphatic carbocycles. The Hall–Kier alpha value is -2.67. The van der Waals surface area contributed by atoms with E-state index in [-0.39, 0.29) is 11.5 Å². The highest BCUT2D eigenvalue weighted by Gasteiger charge is 2.20. The molecular weight excluding hydrogens is 292 g/mol. The molecule has 0 amide bonds. The zero-order valence-electron chi connectivity index (χ0n) is 11.0. The van der Waals surface area contributed by atoms with Crippen LogP contribution in [0, 0.1) is 10.1 Å². The lowest BCUT2D eigenvalue weighted by molar-refractivity contribution is -0.384. The van der Waals surface area contributed by atoms with Crippen molar-refractivity contribution in [3.8, 4) is 5.75 Å². The number of H-pyrrole nitrogens is 1. The second kappa shape index (κ2) is 5.02. The molecule has 0 fully saturated rings. The van der Waals surface area contributed by atoms with Gasteiger partial charge in [0.15, 0.2) is 0 Å². The molecule has 21 heavy (non-hydrogen) atoms. The third kappa shape index (κ3) is 2.17. The maximum absolute atomic E-state index is 12.6. The molecule has 3 rings (SSSR count). The summed E-state index contributed by atoms with van der Waals surface area (Å²) in [4.78, 5) is 26.4. The molecule has 1 N–H and O–H groups in total. The van der Waals surface area contributed by atoms with E-state index >= 15 is 0 Å². The second-order valence-corrected chi connectivity index (χ2v) is 5.25. The molecule has 0 saturated heterocycles. The molecule has 3 aromatic rings. The van der Waals surface area contributed by atoms with Crippen molar-refractivity contribution >= 4 is 33.7 Å². The van der Waals surface area contributed by atoms with Crippen LogP contribution in [-0.4, -0.2) is 22.8 Å². The molecule has 0 atom stereocenters. The molecule has 2 heterocycles. The van der Waals surface area contributed by atoms with Gasteiger partial charge in [-0.05, 0) is 17.5 Å². The number of aromatic amines is 1. The van der Waals surface area contributed by atoms with Crippen molar-refractivity contribution in [3.63, 3.8) is 0 Å². The average Bonchev–Trinajstić information content (AvgIpc) is 3.12. The minimum absolute atomic E-state index is 0.0469. The van der Waals surface area contributed by atoms with E-state index in [0.717, 1.165) is 0 Å². The summed E-state index contributed by atoms with van der Waals surface area (Å²) >= 11 is 1.28. The minimum atomic E-state index is -0.480. The van der Waals surface area contributed by atoms with Crippen molar-refractivity contribution < 1.29 is 14.5 Å². The maximum atomic E-state index is 12.6. The smallest absolute Gasteiger partial charge is 0.270 e. The number of nitrogens with zero attached hydrogens (tertiary/aromatic N) is 1. The predicted molar refractivity (Wildman–Crippen MR) is 79.3 cm³/mol. The van der Waals surface area contributed by atoms with Gasteiger partial charge in [0.25, 0.3) is 5.69 Å². The van der Waals surface area contributed by atoms with E-state index in [1.165, 1.54) is 30.6 Å². The lowest BCUT2D eigenvalue weighted by Gasteiger charge is -2.01. The fourth-order valence-electron chi connectivity index (χ4n) is 2.16. The Balaban J connectivity index is 2.14. The van der Waals surface area contributed by atoms with Crippen molar-refractivity contribution in [3.05, 3.63) is 56.4 Å². The Kier molecular flexibility index (Phi) is 3.19. The SMILES string of the molecule is COc1ccsc1C(=O)c1c[nH]c2ccc([N+](=O)[O-])cc12. The van der Waals surface area contributed by atoms with Gasteiger partial charge in [-0.15, -0.1) is 11.3 Å². The Morgan fingerprint density at radius 2 is 2.19 bits per heavy atom. The Morgan fingerprint density at radius 3 is 2.90 bits per heavy atom. The van der Waals surface area contributed by atoms with Crippen LogP contribution in [0.2, 0.25) is 0 Å². The van der Waals surface area contributed by atoms with E-state index in [0.29, 0.717) is 27.1 Å². The Bertz CT molecular complexity index is 850. The molecule has 0 unspecified atom stereocenters. The first-order valence-electron chi connectivity index (χ1n) is 6.03. The number of aromatic nitrogens is 1. The van der Waals surface area contributed by atoms with Gasteiger partial charge in [-0.25, -0.2) is 0 Å². The fraction of sp³-hybridized carbons (Fsp3) is 0.0714. The monoisotopic (exact) mass is 302 g/mol. The van der Waals surface area contributed by atoms with Gasteiger partial charge < -0.3 is 9.72 Å². The summed E-state index contributed by atoms with van der Waals surface area (Å²) in [5.74, 6) is 0.290. The summed E-state index contributed by atoms with van der Waals surface area (Å²) < 4.78 is 5.15. The number of nitro benzene ring substituents is 1. The minimum Gasteiger partial charge on any atom is -0.495 e. The highest BCUT2D eigenvalue weighted by Crippen LogP contribution is 2.31. The zero-order chi connectivity index (χ0) is 15.0. The third-order valence-electron chi connectivity index (χ3n) is 3.18. The van der Waals surface area contributed by atoms with E-state index in [2.05, 4.69) is 4.98 Å². The maximum Gasteiger partial charge on any atom is 0.270 e. The standard InChI is InChI=1S/C14H10N2O4S/c1-20-12-4-5-21-14(12)13(17)10-7-15-11-3-2-8(16(18)19)6-9(10)11/h2-7,15H,1H3. The molecular formula is C14H10N2O4S. The number of thiophene rings is 1. The largest absolute Gasteiger partial charge is 0.495 e. The van der Waals surface area contributed by atoms with Gasteiger partial charge in [-0.2, -0.15) is 0 Å². The van der Waals surface area contributed by atoms with Crippen molar-refractivity contribution in [2.75, 3.05) is 7.11 Å². The van der Waals surface area contributed by atoms with Gasteiger partial charge in [-0.3, -0.25) is 14.9 Å². The van der Waals surface area contributed by atoms with E-state index in [4.69, 9.17) is 4.74 Å². The number of hydrogen-bond donors (Lipinski definition) is 1. The topological polar surface area (TPSA) is 85.2 Å². The number of ether oxygens (including phenoxy) is 1. The van der Waals surface area contributed by atoms with Crippen LogP contribution in [-0.2, 0) is 0 Å². The molecule has 1 aromatic carbocycles. The van der Waals surface area contributed by atoms with Crippen LogP contribution in [0.25, 0.3) is 10.9 Å². The Labute approximate surface area is 123 Å². The first-order chi connectivity index (χ1) is 10.1. The predicted octanol–water partition coefficient (Wildman–Crippen LogP) is 3.38. The fourth-order valence-corrected chi connectivity index (χ4v) is 2.97. The van der Waals surface area contributed by atoms with Crippen LogP contribution >= 0.6 is 11.3 Å². The van der Waals surface area contributed by atoms with Crippen molar-refractivity contribution in [2.24, 2.45) is 0 Å². The molecule has 0 spiro atoms. The molecule has 6 nitrogen and oxygen atoms in total. The van der Waals surface area contributed by atoms with Crippen LogP contribution in [0.15, 0.2) is 35.8 Å². The van der Waals surface area contributed by atoms with Gasteiger partial charge in [0, 0.05) is 34.8 Å². The summed E-state index contributed by atoms with van der Waals surface area (Å²) in [5.41, 5.74) is 1.03. The molecule has 0 radical (unpaired) electrons. The molecule has 0 aliphatic heterocycles. The number of hydrogen-bond acceptors (Lipinski definition) is 5. The number of rotatable bonds is 4. The summed E-state index contributed by atoms with van der Waals surface area (Å²) in [5, 5.41) is 13.2. The lowest BCUT2D eigenvalue weighted by atomic mass is 10.1. The number of fused-ring (bicyclic) bond motifs is 1. The molecule has 106 valence electrons. The molecule has 0 bridgehead atoms. The normalized spacial score (nSPS) is 10.7. The Morgan fingerprint density at radius 1 is 1.38 bits per heavy atom. The number of nitrogens with one attached hydrogen (secondary N) is 1. The molecule has 7 heteroatoms. The van der Waals surface area contributed by atoms with E-state index in [1.807, 2.05) is 0 Å². The van der Waals surface area contributed by atoms with Gasteiger partial charge in [0.1, 0.15) is 10.6 Å². The number of benzene rings is 1. The molecule has 2 aromatic heterocycles. The van der Waals surface area contributed by atoms with Crippen molar-refractivity contribution in [1.29, 1.82) is 0 Å². The highest BCUT2D eigenvalue weighted by molar-refractivity contribution is 7.12. The number of non-ortho nitro benzene ring substituents is 1. The van der Waals surface area contributed by atoms with E-state index in [9.17, 15) is 14.9 Å². The van der Waals surface area contributed by atoms with E-state index < -0.39 is 4.92 Å². The number of methoxy groups -OCH3 is 1. The lowest BCUT2D eigenvalue weighted by Crippen LogP contribution is -2.00. The first kappa shape index (κ1) is 13.3. The van der Waals surface area contributed by atoms with Gasteiger partial charge >= 0.3 is 0 Å². The van der Waals surface area contributed by atoms with E-state index in [1.54, 1.807) is 23.7 Å². The third-order valence-corrected chi connectivity index (χ3v) is 4.07. The number of ketones is 1. The summed E-state index contributed by atoms with van der Waals surface area (Å²) in [6.45, 7) is 0. The van der Waals surface area contributed by atoms with Crippen LogP contribution in [0.4, 0.5) is 5.69 Å². The van der Waals surface area contributed by atoms with Gasteiger partial charge in [0.2, 0.25) is 5.78 Å². The van der Waals surface area contributed by atoms with Crippen molar-refractivity contribution in [2.45, 2.75) is 0 Å². The molecule has 0 saturated carbocycles. The second-order valence-electron chi connectivity index (χ2n) is 4.34. The summed E-state index contributed by atoms with van der Waals surface area (Å²) in [6, 6.07) is 6.11. The number of carbonyl (C=O) groups is 1. The number of carbonyl (C=O) groups excluding carboxylic acids is 1. The van der Waals surface area contributed by atoms with Gasteiger partial charge in [-0.1, -0.05) is 0 Å². The van der Waals surface area contributed by atoms with Crippen LogP contribution in [0.3, 0.4) is 0 Å². The first-order valence-corrected chi connectivity index (χ1v) is 6.91. The summed E-state index contributed by atoms with van der Waals surface area (Å²) in [7, 11) is 1.50. The van der Waals surface area contributed by atoms with Crippen LogP contribution < -0.4 is 4.74 Å². The quantitative estimate of drug-likeness (QED) is 0.455. The van der Waals surface area contributed by atoms with Crippen LogP contribution in [0.1, 0.15) is 15.2 Å². The highest BCUT2D eigenvalue weighted by atomic mass is 32.1. The number of nitro groups is 1. The summed E-state index contributed by atoms with van der Waals surface area (Å²) in [6.07, 6.45) is 1.57. The zero-order valence-corrected chi connectivity index (χ0v) is 11.8. The average molecular weight is 302 g/mol. The van der Waals surface area contributed by atoms with Crippen molar-refractivity contribution in [1.82, 2.24) is 4.98 Å². The van der Waals surface area contributed by atoms with Crippen LogP contribution in [0.5, 0.6) is 5.75 Å². The molecule has 0 aliphatic rings. The van der Waals surface area contributed by atoms with Gasteiger partial charge in [0.05, 0.1) is 12.0 Å².